The van der Waals surface area contributed by atoms with Gasteiger partial charge in [0.25, 0.3) is 0 Å². The van der Waals surface area contributed by atoms with Gasteiger partial charge in [0.05, 0.1) is 26.4 Å². The molecule has 0 fully saturated rings. The lowest BCUT2D eigenvalue weighted by Gasteiger charge is -2.21. The molecule has 0 spiro atoms. The molecule has 0 aliphatic heterocycles. The first-order chi connectivity index (χ1) is 44.0. The minimum atomic E-state index is -4.95. The Balaban J connectivity index is 5.13. The largest absolute Gasteiger partial charge is 0.472 e. The van der Waals surface area contributed by atoms with E-state index < -0.39 is 97.5 Å². The molecule has 0 bridgehead atoms. The number of ether oxygens (including phenoxy) is 4. The molecule has 0 aromatic carbocycles. The van der Waals surface area contributed by atoms with Crippen LogP contribution in [-0.4, -0.2) is 96.7 Å². The van der Waals surface area contributed by atoms with Gasteiger partial charge in [0, 0.05) is 25.7 Å². The van der Waals surface area contributed by atoms with Crippen molar-refractivity contribution in [2.45, 2.75) is 393 Å². The van der Waals surface area contributed by atoms with Crippen LogP contribution < -0.4 is 0 Å². The van der Waals surface area contributed by atoms with Crippen LogP contribution in [0.4, 0.5) is 0 Å². The predicted octanol–water partition coefficient (Wildman–Crippen LogP) is 20.9. The lowest BCUT2D eigenvalue weighted by Crippen LogP contribution is -2.30. The van der Waals surface area contributed by atoms with Crippen molar-refractivity contribution in [3.05, 3.63) is 0 Å². The maximum atomic E-state index is 13.0. The zero-order valence-electron chi connectivity index (χ0n) is 59.0. The summed E-state index contributed by atoms with van der Waals surface area (Å²) in [5.41, 5.74) is 0. The Morgan fingerprint density at radius 2 is 0.505 bits per heavy atom. The maximum Gasteiger partial charge on any atom is 0.472 e. The van der Waals surface area contributed by atoms with Crippen molar-refractivity contribution in [1.82, 2.24) is 0 Å². The van der Waals surface area contributed by atoms with Crippen LogP contribution in [-0.2, 0) is 65.4 Å². The van der Waals surface area contributed by atoms with E-state index in [1.807, 2.05) is 0 Å². The Hall–Kier alpha value is -1.94. The number of aliphatic hydroxyl groups is 1. The quantitative estimate of drug-likeness (QED) is 0.0222. The Morgan fingerprint density at radius 3 is 0.747 bits per heavy atom. The molecule has 19 heteroatoms. The van der Waals surface area contributed by atoms with Crippen molar-refractivity contribution >= 4 is 39.5 Å². The maximum absolute atomic E-state index is 13.0. The third kappa shape index (κ3) is 66.5. The van der Waals surface area contributed by atoms with E-state index in [0.29, 0.717) is 25.7 Å². The summed E-state index contributed by atoms with van der Waals surface area (Å²) in [7, 11) is -9.89. The van der Waals surface area contributed by atoms with Crippen LogP contribution in [0.5, 0.6) is 0 Å². The van der Waals surface area contributed by atoms with Crippen molar-refractivity contribution in [2.24, 2.45) is 5.92 Å². The summed E-state index contributed by atoms with van der Waals surface area (Å²) in [6.07, 6.45) is 53.2. The number of esters is 4. The van der Waals surface area contributed by atoms with Gasteiger partial charge in [-0.05, 0) is 31.6 Å². The van der Waals surface area contributed by atoms with Crippen LogP contribution in [0.15, 0.2) is 0 Å². The van der Waals surface area contributed by atoms with Crippen molar-refractivity contribution in [3.8, 4) is 0 Å². The van der Waals surface area contributed by atoms with Gasteiger partial charge in [-0.15, -0.1) is 0 Å². The zero-order chi connectivity index (χ0) is 67.0. The molecular formula is C72H140O17P2. The first-order valence-corrected chi connectivity index (χ1v) is 40.6. The van der Waals surface area contributed by atoms with Gasteiger partial charge in [0.2, 0.25) is 0 Å². The smallest absolute Gasteiger partial charge is 0.462 e. The lowest BCUT2D eigenvalue weighted by atomic mass is 10.0. The van der Waals surface area contributed by atoms with Gasteiger partial charge in [0.15, 0.2) is 12.2 Å². The molecule has 0 saturated heterocycles. The van der Waals surface area contributed by atoms with Crippen LogP contribution in [0.25, 0.3) is 0 Å². The van der Waals surface area contributed by atoms with Crippen molar-refractivity contribution in [1.29, 1.82) is 0 Å². The highest BCUT2D eigenvalue weighted by Gasteiger charge is 2.30. The third-order valence-corrected chi connectivity index (χ3v) is 18.7. The minimum absolute atomic E-state index is 0.106. The average Bonchev–Trinajstić information content (AvgIpc) is 3.50. The molecule has 2 unspecified atom stereocenters. The summed E-state index contributed by atoms with van der Waals surface area (Å²) < 4.78 is 68.1. The Morgan fingerprint density at radius 1 is 0.297 bits per heavy atom. The lowest BCUT2D eigenvalue weighted by molar-refractivity contribution is -0.161. The number of aliphatic hydroxyl groups excluding tert-OH is 1. The predicted molar refractivity (Wildman–Crippen MR) is 368 cm³/mol. The molecule has 0 aromatic rings. The van der Waals surface area contributed by atoms with E-state index in [1.54, 1.807) is 0 Å². The molecule has 17 nitrogen and oxygen atoms in total. The van der Waals surface area contributed by atoms with E-state index in [0.717, 1.165) is 102 Å². The van der Waals surface area contributed by atoms with Crippen LogP contribution >= 0.6 is 15.6 Å². The van der Waals surface area contributed by atoms with Crippen LogP contribution in [0.1, 0.15) is 375 Å². The van der Waals surface area contributed by atoms with Gasteiger partial charge >= 0.3 is 39.5 Å². The van der Waals surface area contributed by atoms with Gasteiger partial charge in [-0.25, -0.2) is 9.13 Å². The van der Waals surface area contributed by atoms with Crippen LogP contribution in [0, 0.1) is 5.92 Å². The fourth-order valence-corrected chi connectivity index (χ4v) is 12.6. The van der Waals surface area contributed by atoms with Gasteiger partial charge in [-0.2, -0.15) is 0 Å². The fraction of sp³-hybridized carbons (Fsp3) is 0.944. The summed E-state index contributed by atoms with van der Waals surface area (Å²) in [6.45, 7) is 7.19. The molecule has 0 saturated carbocycles. The molecule has 0 heterocycles. The summed E-state index contributed by atoms with van der Waals surface area (Å²) in [5, 5.41) is 10.6. The number of hydrogen-bond acceptors (Lipinski definition) is 15. The third-order valence-electron chi connectivity index (χ3n) is 16.8. The second-order valence-electron chi connectivity index (χ2n) is 26.5. The normalized spacial score (nSPS) is 14.0. The minimum Gasteiger partial charge on any atom is -0.462 e. The van der Waals surface area contributed by atoms with E-state index in [1.165, 1.54) is 193 Å². The van der Waals surface area contributed by atoms with E-state index in [2.05, 4.69) is 34.6 Å². The monoisotopic (exact) mass is 1340 g/mol. The highest BCUT2D eigenvalue weighted by Crippen LogP contribution is 2.45. The number of unbranched alkanes of at least 4 members (excludes halogenated alkanes) is 44. The Kier molecular flexibility index (Phi) is 64.0. The van der Waals surface area contributed by atoms with Crippen molar-refractivity contribution in [3.63, 3.8) is 0 Å². The molecule has 0 rings (SSSR count). The molecule has 3 N–H and O–H groups in total. The fourth-order valence-electron chi connectivity index (χ4n) is 11.0. The number of phosphoric ester groups is 2. The number of hydrogen-bond donors (Lipinski definition) is 3. The molecule has 0 aliphatic carbocycles. The van der Waals surface area contributed by atoms with Gasteiger partial charge in [0.1, 0.15) is 19.3 Å². The van der Waals surface area contributed by atoms with Gasteiger partial charge in [-0.1, -0.05) is 324 Å². The second kappa shape index (κ2) is 65.4. The second-order valence-corrected chi connectivity index (χ2v) is 29.4. The summed E-state index contributed by atoms with van der Waals surface area (Å²) in [5.74, 6) is -1.33. The highest BCUT2D eigenvalue weighted by molar-refractivity contribution is 7.47. The zero-order valence-corrected chi connectivity index (χ0v) is 60.8. The molecule has 0 amide bonds. The first kappa shape index (κ1) is 89.1. The average molecular weight is 1340 g/mol. The number of phosphoric acid groups is 2. The molecule has 5 atom stereocenters. The standard InChI is InChI=1S/C72H140O17P2/c1-6-9-12-15-17-19-21-22-23-24-25-28-31-34-38-41-46-51-56-70(75)83-62-68(89-72(77)58-53-48-43-39-35-32-29-26-27-30-33-36-40-45-49-54-65(4)5)64-87-91(80,81)85-60-66(73)59-84-90(78,79)86-63-67(61-82-69(74)55-50-44-14-11-8-3)88-71(76)57-52-47-42-37-20-18-16-13-10-7-2/h65-68,73H,6-64H2,1-5H3,(H,78,79)(H,80,81)/t66-,67+,68+/m0/s1. The van der Waals surface area contributed by atoms with Gasteiger partial charge < -0.3 is 33.8 Å². The highest BCUT2D eigenvalue weighted by atomic mass is 31.2. The summed E-state index contributed by atoms with van der Waals surface area (Å²) in [6, 6.07) is 0. The van der Waals surface area contributed by atoms with Crippen molar-refractivity contribution in [2.75, 3.05) is 39.6 Å². The van der Waals surface area contributed by atoms with E-state index in [4.69, 9.17) is 37.0 Å². The topological polar surface area (TPSA) is 237 Å². The van der Waals surface area contributed by atoms with E-state index in [9.17, 15) is 43.2 Å². The molecule has 91 heavy (non-hydrogen) atoms. The SMILES string of the molecule is CCCCCCCCCCCCCCCCCCCCC(=O)OC[C@H](COP(=O)(O)OC[C@@H](O)COP(=O)(O)OC[C@@H](COC(=O)CCCCCCC)OC(=O)CCCCCCCCCCCC)OC(=O)CCCCCCCCCCCCCCCCCC(C)C. The number of carbonyl (C=O) groups excluding carboxylic acids is 4. The number of carbonyl (C=O) groups is 4. The van der Waals surface area contributed by atoms with E-state index in [-0.39, 0.29) is 25.7 Å². The van der Waals surface area contributed by atoms with Crippen LogP contribution in [0.2, 0.25) is 0 Å². The number of rotatable bonds is 72. The summed E-state index contributed by atoms with van der Waals surface area (Å²) in [4.78, 5) is 72.3. The molecule has 540 valence electrons. The molecule has 0 aromatic heterocycles. The molecule has 0 aliphatic rings. The molecular weight excluding hydrogens is 1200 g/mol. The Bertz CT molecular complexity index is 1750. The van der Waals surface area contributed by atoms with Crippen LogP contribution in [0.3, 0.4) is 0 Å². The first-order valence-electron chi connectivity index (χ1n) is 37.6. The van der Waals surface area contributed by atoms with Gasteiger partial charge in [-0.3, -0.25) is 37.3 Å². The molecule has 0 radical (unpaired) electrons. The van der Waals surface area contributed by atoms with E-state index >= 15 is 0 Å². The summed E-state index contributed by atoms with van der Waals surface area (Å²) >= 11 is 0. The Labute approximate surface area is 556 Å². The van der Waals surface area contributed by atoms with Crippen molar-refractivity contribution < 1.29 is 80.2 Å².